The fourth-order valence-corrected chi connectivity index (χ4v) is 4.17. The van der Waals surface area contributed by atoms with Gasteiger partial charge in [0.1, 0.15) is 11.6 Å². The molecule has 0 fully saturated rings. The third-order valence-corrected chi connectivity index (χ3v) is 6.07. The van der Waals surface area contributed by atoms with Gasteiger partial charge in [0.05, 0.1) is 23.0 Å². The zero-order valence-corrected chi connectivity index (χ0v) is 16.6. The van der Waals surface area contributed by atoms with E-state index in [1.165, 1.54) is 19.2 Å². The lowest BCUT2D eigenvalue weighted by atomic mass is 10.2. The van der Waals surface area contributed by atoms with Crippen molar-refractivity contribution in [2.75, 3.05) is 13.7 Å². The molecule has 0 aliphatic heterocycles. The van der Waals surface area contributed by atoms with E-state index in [1.54, 1.807) is 24.5 Å². The summed E-state index contributed by atoms with van der Waals surface area (Å²) in [5.74, 6) is 1.38. The molecular formula is C21H20N4O3S. The molecule has 8 heteroatoms. The van der Waals surface area contributed by atoms with Crippen molar-refractivity contribution in [3.63, 3.8) is 0 Å². The summed E-state index contributed by atoms with van der Waals surface area (Å²) in [6.07, 6.45) is 3.43. The lowest BCUT2D eigenvalue weighted by Crippen LogP contribution is -2.27. The summed E-state index contributed by atoms with van der Waals surface area (Å²) >= 11 is 0. The van der Waals surface area contributed by atoms with Gasteiger partial charge >= 0.3 is 0 Å². The molecule has 0 bridgehead atoms. The second-order valence-corrected chi connectivity index (χ2v) is 8.15. The number of ether oxygens (including phenoxy) is 1. The fraction of sp³-hybridized carbons (Fsp3) is 0.143. The number of hydrogen-bond donors (Lipinski definition) is 1. The van der Waals surface area contributed by atoms with E-state index >= 15 is 0 Å². The van der Waals surface area contributed by atoms with Gasteiger partial charge in [-0.1, -0.05) is 12.1 Å². The number of hydrogen-bond acceptors (Lipinski definition) is 5. The van der Waals surface area contributed by atoms with Crippen LogP contribution in [0.5, 0.6) is 5.75 Å². The minimum Gasteiger partial charge on any atom is -0.497 e. The average molecular weight is 408 g/mol. The molecule has 7 nitrogen and oxygen atoms in total. The Hall–Kier alpha value is -3.23. The van der Waals surface area contributed by atoms with Gasteiger partial charge in [0.2, 0.25) is 10.0 Å². The Morgan fingerprint density at radius 2 is 1.72 bits per heavy atom. The lowest BCUT2D eigenvalue weighted by molar-refractivity contribution is 0.414. The predicted molar refractivity (Wildman–Crippen MR) is 111 cm³/mol. The Balaban J connectivity index is 1.58. The normalized spacial score (nSPS) is 11.6. The van der Waals surface area contributed by atoms with Crippen LogP contribution in [-0.2, 0) is 16.6 Å². The zero-order chi connectivity index (χ0) is 20.3. The van der Waals surface area contributed by atoms with Gasteiger partial charge in [0, 0.05) is 31.0 Å². The topological polar surface area (TPSA) is 86.1 Å². The average Bonchev–Trinajstić information content (AvgIpc) is 3.13. The van der Waals surface area contributed by atoms with Gasteiger partial charge < -0.3 is 9.30 Å². The Morgan fingerprint density at radius 1 is 1.00 bits per heavy atom. The summed E-state index contributed by atoms with van der Waals surface area (Å²) in [4.78, 5) is 8.97. The molecule has 0 amide bonds. The van der Waals surface area contributed by atoms with E-state index in [0.29, 0.717) is 12.3 Å². The maximum absolute atomic E-state index is 12.6. The van der Waals surface area contributed by atoms with Gasteiger partial charge in [0.15, 0.2) is 0 Å². The first-order valence-corrected chi connectivity index (χ1v) is 10.6. The molecule has 0 unspecified atom stereocenters. The van der Waals surface area contributed by atoms with Crippen LogP contribution in [0.15, 0.2) is 78.0 Å². The van der Waals surface area contributed by atoms with Crippen molar-refractivity contribution in [3.05, 3.63) is 73.1 Å². The largest absolute Gasteiger partial charge is 0.497 e. The van der Waals surface area contributed by atoms with Crippen molar-refractivity contribution in [1.29, 1.82) is 0 Å². The number of para-hydroxylation sites is 2. The molecule has 0 aliphatic rings. The smallest absolute Gasteiger partial charge is 0.240 e. The summed E-state index contributed by atoms with van der Waals surface area (Å²) in [5.41, 5.74) is 2.73. The number of imidazole rings is 1. The van der Waals surface area contributed by atoms with Crippen molar-refractivity contribution in [2.45, 2.75) is 11.4 Å². The van der Waals surface area contributed by atoms with Crippen LogP contribution in [0.4, 0.5) is 0 Å². The number of pyridine rings is 1. The molecule has 1 N–H and O–H groups in total. The lowest BCUT2D eigenvalue weighted by Gasteiger charge is -2.11. The predicted octanol–water partition coefficient (Wildman–Crippen LogP) is 3.09. The number of aromatic nitrogens is 3. The molecule has 4 aromatic rings. The summed E-state index contributed by atoms with van der Waals surface area (Å²) in [5, 5.41) is 0. The number of sulfonamides is 1. The highest BCUT2D eigenvalue weighted by Gasteiger charge is 2.16. The second kappa shape index (κ2) is 8.02. The van der Waals surface area contributed by atoms with E-state index in [-0.39, 0.29) is 11.4 Å². The first-order valence-electron chi connectivity index (χ1n) is 9.08. The highest BCUT2D eigenvalue weighted by molar-refractivity contribution is 7.89. The summed E-state index contributed by atoms with van der Waals surface area (Å²) in [7, 11) is -2.08. The van der Waals surface area contributed by atoms with Crippen LogP contribution in [0.2, 0.25) is 0 Å². The van der Waals surface area contributed by atoms with E-state index < -0.39 is 10.0 Å². The van der Waals surface area contributed by atoms with Crippen LogP contribution in [0.25, 0.3) is 22.4 Å². The van der Waals surface area contributed by atoms with Crippen LogP contribution in [0, 0.1) is 0 Å². The minimum absolute atomic E-state index is 0.197. The van der Waals surface area contributed by atoms with E-state index in [2.05, 4.69) is 9.71 Å². The molecule has 0 radical (unpaired) electrons. The van der Waals surface area contributed by atoms with Gasteiger partial charge in [-0.25, -0.2) is 18.1 Å². The quantitative estimate of drug-likeness (QED) is 0.508. The van der Waals surface area contributed by atoms with Gasteiger partial charge in [0.25, 0.3) is 0 Å². The Labute approximate surface area is 169 Å². The van der Waals surface area contributed by atoms with Crippen LogP contribution < -0.4 is 9.46 Å². The Morgan fingerprint density at radius 3 is 2.45 bits per heavy atom. The monoisotopic (exact) mass is 408 g/mol. The first-order chi connectivity index (χ1) is 14.1. The van der Waals surface area contributed by atoms with Crippen molar-refractivity contribution in [2.24, 2.45) is 0 Å². The number of rotatable bonds is 7. The van der Waals surface area contributed by atoms with Crippen molar-refractivity contribution in [3.8, 4) is 17.1 Å². The molecule has 0 spiro atoms. The first kappa shape index (κ1) is 19.1. The van der Waals surface area contributed by atoms with Gasteiger partial charge in [-0.2, -0.15) is 0 Å². The number of benzene rings is 2. The number of fused-ring (bicyclic) bond motifs is 1. The maximum Gasteiger partial charge on any atom is 0.240 e. The van der Waals surface area contributed by atoms with Crippen LogP contribution in [-0.4, -0.2) is 36.6 Å². The standard InChI is InChI=1S/C21H20N4O3S/c1-28-17-6-8-18(9-7-17)29(26,27)23-14-15-25-20-5-3-2-4-19(20)24-21(25)16-10-12-22-13-11-16/h2-13,23H,14-15H2,1H3. The minimum atomic E-state index is -3.62. The maximum atomic E-state index is 12.6. The molecule has 0 saturated heterocycles. The zero-order valence-electron chi connectivity index (χ0n) is 15.8. The highest BCUT2D eigenvalue weighted by atomic mass is 32.2. The molecule has 0 saturated carbocycles. The van der Waals surface area contributed by atoms with Gasteiger partial charge in [-0.05, 0) is 48.5 Å². The van der Waals surface area contributed by atoms with Gasteiger partial charge in [-0.3, -0.25) is 4.98 Å². The van der Waals surface area contributed by atoms with E-state index in [9.17, 15) is 8.42 Å². The summed E-state index contributed by atoms with van der Waals surface area (Å²) < 4.78 is 34.9. The third kappa shape index (κ3) is 3.98. The molecule has 2 aromatic heterocycles. The molecule has 2 aromatic carbocycles. The Bertz CT molecular complexity index is 1220. The third-order valence-electron chi connectivity index (χ3n) is 4.59. The Kier molecular flexibility index (Phi) is 5.28. The highest BCUT2D eigenvalue weighted by Crippen LogP contribution is 2.24. The fourth-order valence-electron chi connectivity index (χ4n) is 3.15. The molecule has 148 valence electrons. The van der Waals surface area contributed by atoms with Crippen molar-refractivity contribution in [1.82, 2.24) is 19.3 Å². The van der Waals surface area contributed by atoms with Crippen LogP contribution in [0.3, 0.4) is 0 Å². The van der Waals surface area contributed by atoms with Crippen LogP contribution in [0.1, 0.15) is 0 Å². The van der Waals surface area contributed by atoms with E-state index in [0.717, 1.165) is 22.4 Å². The second-order valence-electron chi connectivity index (χ2n) is 6.38. The molecule has 29 heavy (non-hydrogen) atoms. The van der Waals surface area contributed by atoms with Crippen molar-refractivity contribution < 1.29 is 13.2 Å². The van der Waals surface area contributed by atoms with Crippen molar-refractivity contribution >= 4 is 21.1 Å². The molecule has 4 rings (SSSR count). The summed E-state index contributed by atoms with van der Waals surface area (Å²) in [6, 6.07) is 17.9. The van der Waals surface area contributed by atoms with E-state index in [4.69, 9.17) is 9.72 Å². The molecular weight excluding hydrogens is 388 g/mol. The summed E-state index contributed by atoms with van der Waals surface area (Å²) in [6.45, 7) is 0.667. The molecule has 0 atom stereocenters. The van der Waals surface area contributed by atoms with Gasteiger partial charge in [-0.15, -0.1) is 0 Å². The number of nitrogens with zero attached hydrogens (tertiary/aromatic N) is 3. The SMILES string of the molecule is COc1ccc(S(=O)(=O)NCCn2c(-c3ccncc3)nc3ccccc32)cc1. The molecule has 0 aliphatic carbocycles. The molecule has 2 heterocycles. The van der Waals surface area contributed by atoms with Crippen LogP contribution >= 0.6 is 0 Å². The van der Waals surface area contributed by atoms with E-state index in [1.807, 2.05) is 41.0 Å². The number of methoxy groups -OCH3 is 1. The number of nitrogens with one attached hydrogen (secondary N) is 1.